The first kappa shape index (κ1) is 18.5. The van der Waals surface area contributed by atoms with E-state index in [2.05, 4.69) is 0 Å². The highest BCUT2D eigenvalue weighted by molar-refractivity contribution is 5.88. The predicted octanol–water partition coefficient (Wildman–Crippen LogP) is 3.85. The fourth-order valence-electron chi connectivity index (χ4n) is 3.94. The zero-order chi connectivity index (χ0) is 20.1. The van der Waals surface area contributed by atoms with Crippen LogP contribution >= 0.6 is 0 Å². The maximum atomic E-state index is 13.0. The Kier molecular flexibility index (Phi) is 4.40. The van der Waals surface area contributed by atoms with Gasteiger partial charge in [0, 0.05) is 18.9 Å². The van der Waals surface area contributed by atoms with Crippen LogP contribution in [0.15, 0.2) is 48.5 Å². The number of amides is 1. The molecule has 2 aliphatic rings. The molecule has 0 aromatic heterocycles. The molecular formula is C21H18F3NO3. The molecule has 1 heterocycles. The minimum Gasteiger partial charge on any atom is -0.480 e. The van der Waals surface area contributed by atoms with E-state index in [4.69, 9.17) is 0 Å². The number of halogens is 3. The molecule has 28 heavy (non-hydrogen) atoms. The van der Waals surface area contributed by atoms with E-state index in [1.54, 1.807) is 0 Å². The second-order valence-corrected chi connectivity index (χ2v) is 7.36. The summed E-state index contributed by atoms with van der Waals surface area (Å²) >= 11 is 0. The quantitative estimate of drug-likeness (QED) is 0.868. The summed E-state index contributed by atoms with van der Waals surface area (Å²) in [5.74, 6) is -1.84. The van der Waals surface area contributed by atoms with Gasteiger partial charge in [-0.05, 0) is 41.2 Å². The number of carbonyl (C=O) groups is 2. The van der Waals surface area contributed by atoms with Gasteiger partial charge >= 0.3 is 12.1 Å². The summed E-state index contributed by atoms with van der Waals surface area (Å²) in [6, 6.07) is 11.4. The summed E-state index contributed by atoms with van der Waals surface area (Å²) in [5.41, 5.74) is 1.81. The molecule has 3 unspecified atom stereocenters. The van der Waals surface area contributed by atoms with Crippen molar-refractivity contribution in [2.75, 3.05) is 0 Å². The van der Waals surface area contributed by atoms with Crippen molar-refractivity contribution in [2.24, 2.45) is 5.92 Å². The lowest BCUT2D eigenvalue weighted by Gasteiger charge is -2.34. The van der Waals surface area contributed by atoms with Gasteiger partial charge in [0.05, 0.1) is 5.56 Å². The summed E-state index contributed by atoms with van der Waals surface area (Å²) in [4.78, 5) is 26.1. The van der Waals surface area contributed by atoms with Gasteiger partial charge in [-0.3, -0.25) is 4.79 Å². The number of rotatable bonds is 3. The van der Waals surface area contributed by atoms with Crippen molar-refractivity contribution in [1.29, 1.82) is 0 Å². The molecule has 2 aromatic carbocycles. The van der Waals surface area contributed by atoms with Crippen molar-refractivity contribution in [3.8, 4) is 0 Å². The van der Waals surface area contributed by atoms with E-state index in [9.17, 15) is 27.9 Å². The lowest BCUT2D eigenvalue weighted by molar-refractivity contribution is -0.152. The van der Waals surface area contributed by atoms with Gasteiger partial charge in [-0.1, -0.05) is 36.4 Å². The molecule has 1 aliphatic carbocycles. The molecular weight excluding hydrogens is 371 g/mol. The first-order chi connectivity index (χ1) is 13.3. The zero-order valence-electron chi connectivity index (χ0n) is 14.8. The maximum Gasteiger partial charge on any atom is 0.416 e. The molecule has 146 valence electrons. The Morgan fingerprint density at radius 3 is 2.25 bits per heavy atom. The van der Waals surface area contributed by atoms with E-state index in [1.807, 2.05) is 24.3 Å². The number of carboxylic acid groups (broad SMARTS) is 1. The Hall–Kier alpha value is -2.83. The molecule has 0 bridgehead atoms. The van der Waals surface area contributed by atoms with Gasteiger partial charge in [-0.2, -0.15) is 13.2 Å². The molecule has 1 saturated carbocycles. The molecule has 2 aromatic rings. The zero-order valence-corrected chi connectivity index (χ0v) is 14.8. The second-order valence-electron chi connectivity index (χ2n) is 7.36. The third-order valence-corrected chi connectivity index (χ3v) is 5.59. The van der Waals surface area contributed by atoms with Crippen LogP contribution < -0.4 is 0 Å². The van der Waals surface area contributed by atoms with Crippen LogP contribution in [0.3, 0.4) is 0 Å². The molecule has 4 rings (SSSR count). The number of carbonyl (C=O) groups excluding carboxylic acids is 1. The molecule has 1 amide bonds. The van der Waals surface area contributed by atoms with Crippen LogP contribution in [0.25, 0.3) is 0 Å². The molecule has 1 aliphatic heterocycles. The average Bonchev–Trinajstić information content (AvgIpc) is 3.46. The van der Waals surface area contributed by atoms with E-state index >= 15 is 0 Å². The van der Waals surface area contributed by atoms with Crippen LogP contribution in [0.1, 0.15) is 34.6 Å². The largest absolute Gasteiger partial charge is 0.480 e. The molecule has 1 fully saturated rings. The number of aliphatic carboxylic acids is 1. The third-order valence-electron chi connectivity index (χ3n) is 5.59. The van der Waals surface area contributed by atoms with Crippen molar-refractivity contribution in [1.82, 2.24) is 4.90 Å². The highest BCUT2D eigenvalue weighted by Crippen LogP contribution is 2.49. The molecule has 4 nitrogen and oxygen atoms in total. The first-order valence-electron chi connectivity index (χ1n) is 9.03. The van der Waals surface area contributed by atoms with Crippen molar-refractivity contribution >= 4 is 11.9 Å². The Morgan fingerprint density at radius 2 is 1.64 bits per heavy atom. The highest BCUT2D eigenvalue weighted by Gasteiger charge is 2.48. The van der Waals surface area contributed by atoms with E-state index < -0.39 is 23.8 Å². The van der Waals surface area contributed by atoms with Gasteiger partial charge in [0.2, 0.25) is 5.91 Å². The smallest absolute Gasteiger partial charge is 0.416 e. The van der Waals surface area contributed by atoms with Crippen LogP contribution in [0, 0.1) is 5.92 Å². The van der Waals surface area contributed by atoms with Crippen LogP contribution in [0.5, 0.6) is 0 Å². The average molecular weight is 389 g/mol. The highest BCUT2D eigenvalue weighted by atomic mass is 19.4. The van der Waals surface area contributed by atoms with E-state index in [0.29, 0.717) is 12.0 Å². The summed E-state index contributed by atoms with van der Waals surface area (Å²) in [6.45, 7) is 0.238. The minimum atomic E-state index is -4.40. The number of fused-ring (bicyclic) bond motifs is 1. The van der Waals surface area contributed by atoms with Gasteiger partial charge in [0.15, 0.2) is 0 Å². The molecule has 7 heteroatoms. The van der Waals surface area contributed by atoms with Crippen LogP contribution in [0.4, 0.5) is 13.2 Å². The van der Waals surface area contributed by atoms with E-state index in [0.717, 1.165) is 23.3 Å². The van der Waals surface area contributed by atoms with Gasteiger partial charge in [-0.15, -0.1) is 0 Å². The van der Waals surface area contributed by atoms with E-state index in [1.165, 1.54) is 17.0 Å². The monoisotopic (exact) mass is 389 g/mol. The standard InChI is InChI=1S/C21H18F3NO3/c22-21(23,24)15-7-5-12(6-8-15)16-10-17(16)19(26)25-11-14-4-2-1-3-13(14)9-18(25)20(27)28/h1-8,16-18H,9-11H2,(H,27,28). The molecule has 0 spiro atoms. The van der Waals surface area contributed by atoms with Gasteiger partial charge in [0.25, 0.3) is 0 Å². The second kappa shape index (κ2) is 6.65. The fourth-order valence-corrected chi connectivity index (χ4v) is 3.94. The lowest BCUT2D eigenvalue weighted by atomic mass is 9.93. The van der Waals surface area contributed by atoms with Crippen LogP contribution in [-0.4, -0.2) is 27.9 Å². The molecule has 1 N–H and O–H groups in total. The minimum absolute atomic E-state index is 0.165. The van der Waals surface area contributed by atoms with Crippen molar-refractivity contribution in [3.63, 3.8) is 0 Å². The summed E-state index contributed by atoms with van der Waals surface area (Å²) in [7, 11) is 0. The molecule has 0 radical (unpaired) electrons. The summed E-state index contributed by atoms with van der Waals surface area (Å²) in [5, 5.41) is 9.57. The Bertz CT molecular complexity index is 923. The topological polar surface area (TPSA) is 57.6 Å². The maximum absolute atomic E-state index is 13.0. The normalized spacial score (nSPS) is 23.8. The number of alkyl halides is 3. The Labute approximate surface area is 159 Å². The Morgan fingerprint density at radius 1 is 1.00 bits per heavy atom. The summed E-state index contributed by atoms with van der Waals surface area (Å²) < 4.78 is 38.1. The van der Waals surface area contributed by atoms with Crippen molar-refractivity contribution in [3.05, 3.63) is 70.8 Å². The van der Waals surface area contributed by atoms with Gasteiger partial charge in [0.1, 0.15) is 6.04 Å². The lowest BCUT2D eigenvalue weighted by Crippen LogP contribution is -2.49. The molecule has 3 atom stereocenters. The van der Waals surface area contributed by atoms with Crippen LogP contribution in [0.2, 0.25) is 0 Å². The number of hydrogen-bond acceptors (Lipinski definition) is 2. The van der Waals surface area contributed by atoms with Gasteiger partial charge in [-0.25, -0.2) is 4.79 Å². The van der Waals surface area contributed by atoms with Crippen LogP contribution in [-0.2, 0) is 28.7 Å². The number of hydrogen-bond donors (Lipinski definition) is 1. The fraction of sp³-hybridized carbons (Fsp3) is 0.333. The SMILES string of the molecule is O=C(O)C1Cc2ccccc2CN1C(=O)C1CC1c1ccc(C(F)(F)F)cc1. The third kappa shape index (κ3) is 3.37. The number of carboxylic acids is 1. The predicted molar refractivity (Wildman–Crippen MR) is 94.4 cm³/mol. The van der Waals surface area contributed by atoms with Crippen molar-refractivity contribution < 1.29 is 27.9 Å². The van der Waals surface area contributed by atoms with E-state index in [-0.39, 0.29) is 30.7 Å². The van der Waals surface area contributed by atoms with Gasteiger partial charge < -0.3 is 10.0 Å². The summed E-state index contributed by atoms with van der Waals surface area (Å²) in [6.07, 6.45) is -3.61. The number of benzene rings is 2. The Balaban J connectivity index is 1.51. The molecule has 0 saturated heterocycles. The first-order valence-corrected chi connectivity index (χ1v) is 9.03. The number of nitrogens with zero attached hydrogens (tertiary/aromatic N) is 1. The van der Waals surface area contributed by atoms with Crippen molar-refractivity contribution in [2.45, 2.75) is 37.5 Å².